The molecule has 2 rings (SSSR count). The van der Waals surface area contributed by atoms with Gasteiger partial charge < -0.3 is 5.32 Å². The van der Waals surface area contributed by atoms with Crippen LogP contribution in [0.15, 0.2) is 40.9 Å². The van der Waals surface area contributed by atoms with Crippen LogP contribution in [0.5, 0.6) is 0 Å². The lowest BCUT2D eigenvalue weighted by Crippen LogP contribution is -2.02. The first-order valence-corrected chi connectivity index (χ1v) is 7.08. The molecule has 6 heteroatoms. The number of hydrogen-bond acceptors (Lipinski definition) is 3. The summed E-state index contributed by atoms with van der Waals surface area (Å²) in [7, 11) is 0. The van der Waals surface area contributed by atoms with E-state index in [-0.39, 0.29) is 5.69 Å². The van der Waals surface area contributed by atoms with Crippen LogP contribution in [0.1, 0.15) is 11.1 Å². The summed E-state index contributed by atoms with van der Waals surface area (Å²) in [5.41, 5.74) is 2.77. The molecule has 1 N–H and O–H groups in total. The van der Waals surface area contributed by atoms with Gasteiger partial charge in [-0.05, 0) is 52.2 Å². The Balaban J connectivity index is 2.17. The first-order valence-electron chi connectivity index (χ1n) is 5.91. The molecule has 0 heterocycles. The van der Waals surface area contributed by atoms with Crippen molar-refractivity contribution in [3.05, 3.63) is 67.1 Å². The second kappa shape index (κ2) is 6.24. The molecule has 0 amide bonds. The Morgan fingerprint density at radius 3 is 2.80 bits per heavy atom. The van der Waals surface area contributed by atoms with Gasteiger partial charge in [0.15, 0.2) is 0 Å². The van der Waals surface area contributed by atoms with Crippen LogP contribution in [0.2, 0.25) is 5.02 Å². The molecule has 0 atom stereocenters. The zero-order chi connectivity index (χ0) is 14.7. The van der Waals surface area contributed by atoms with Crippen molar-refractivity contribution in [2.24, 2.45) is 0 Å². The highest BCUT2D eigenvalue weighted by Gasteiger charge is 2.12. The number of rotatable bonds is 4. The number of halogens is 2. The number of hydrogen-bond donors (Lipinski definition) is 1. The quantitative estimate of drug-likeness (QED) is 0.625. The third kappa shape index (κ3) is 3.29. The molecule has 0 aliphatic rings. The van der Waals surface area contributed by atoms with E-state index in [0.29, 0.717) is 16.0 Å². The van der Waals surface area contributed by atoms with E-state index in [1.807, 2.05) is 31.2 Å². The van der Waals surface area contributed by atoms with E-state index in [1.54, 1.807) is 12.1 Å². The third-order valence-corrected chi connectivity index (χ3v) is 4.04. The van der Waals surface area contributed by atoms with Gasteiger partial charge in [0.05, 0.1) is 9.40 Å². The number of nitro benzene ring substituents is 1. The van der Waals surface area contributed by atoms with E-state index in [0.717, 1.165) is 16.8 Å². The first-order chi connectivity index (χ1) is 9.49. The maximum atomic E-state index is 10.9. The van der Waals surface area contributed by atoms with Crippen LogP contribution < -0.4 is 5.32 Å². The van der Waals surface area contributed by atoms with Gasteiger partial charge in [-0.3, -0.25) is 10.1 Å². The molecule has 0 saturated carbocycles. The Morgan fingerprint density at radius 1 is 1.35 bits per heavy atom. The summed E-state index contributed by atoms with van der Waals surface area (Å²) in [5.74, 6) is 0. The summed E-state index contributed by atoms with van der Waals surface area (Å²) in [4.78, 5) is 10.5. The molecule has 0 aliphatic carbocycles. The minimum absolute atomic E-state index is 0.0621. The average molecular weight is 356 g/mol. The summed E-state index contributed by atoms with van der Waals surface area (Å²) in [6, 6.07) is 10.7. The highest BCUT2D eigenvalue weighted by atomic mass is 79.9. The Labute approximate surface area is 130 Å². The Hall–Kier alpha value is -1.59. The molecule has 2 aromatic rings. The zero-order valence-corrected chi connectivity index (χ0v) is 13.0. The van der Waals surface area contributed by atoms with Gasteiger partial charge in [0.25, 0.3) is 5.69 Å². The van der Waals surface area contributed by atoms with Crippen molar-refractivity contribution < 1.29 is 4.92 Å². The average Bonchev–Trinajstić information content (AvgIpc) is 2.41. The molecule has 4 nitrogen and oxygen atoms in total. The van der Waals surface area contributed by atoms with Crippen LogP contribution in [0, 0.1) is 17.0 Å². The summed E-state index contributed by atoms with van der Waals surface area (Å²) >= 11 is 9.22. The van der Waals surface area contributed by atoms with E-state index in [4.69, 9.17) is 11.6 Å². The molecule has 0 aliphatic heterocycles. The molecule has 0 saturated heterocycles. The molecule has 0 unspecified atom stereocenters. The van der Waals surface area contributed by atoms with Gasteiger partial charge in [-0.2, -0.15) is 0 Å². The summed E-state index contributed by atoms with van der Waals surface area (Å²) in [5, 5.41) is 14.8. The number of anilines is 1. The fraction of sp³-hybridized carbons (Fsp3) is 0.143. The van der Waals surface area contributed by atoms with Gasteiger partial charge >= 0.3 is 0 Å². The minimum Gasteiger partial charge on any atom is -0.381 e. The topological polar surface area (TPSA) is 55.2 Å². The van der Waals surface area contributed by atoms with Crippen molar-refractivity contribution in [2.75, 3.05) is 5.32 Å². The predicted octanol–water partition coefficient (Wildman–Crippen LogP) is 4.93. The molecular weight excluding hydrogens is 344 g/mol. The van der Waals surface area contributed by atoms with Crippen LogP contribution in [-0.4, -0.2) is 4.92 Å². The molecule has 0 fully saturated rings. The Bertz CT molecular complexity index is 662. The second-order valence-electron chi connectivity index (χ2n) is 4.31. The smallest absolute Gasteiger partial charge is 0.283 e. The van der Waals surface area contributed by atoms with Crippen LogP contribution in [0.3, 0.4) is 0 Å². The van der Waals surface area contributed by atoms with E-state index >= 15 is 0 Å². The normalized spacial score (nSPS) is 10.3. The Morgan fingerprint density at radius 2 is 2.10 bits per heavy atom. The summed E-state index contributed by atoms with van der Waals surface area (Å²) < 4.78 is 0.477. The molecule has 0 bridgehead atoms. The van der Waals surface area contributed by atoms with Gasteiger partial charge in [-0.25, -0.2) is 0 Å². The highest BCUT2D eigenvalue weighted by molar-refractivity contribution is 9.10. The van der Waals surface area contributed by atoms with E-state index < -0.39 is 4.92 Å². The molecular formula is C14H12BrClN2O2. The van der Waals surface area contributed by atoms with E-state index in [9.17, 15) is 10.1 Å². The highest BCUT2D eigenvalue weighted by Crippen LogP contribution is 2.27. The Kier molecular flexibility index (Phi) is 4.62. The number of nitrogens with zero attached hydrogens (tertiary/aromatic N) is 1. The molecule has 104 valence electrons. The monoisotopic (exact) mass is 354 g/mol. The third-order valence-electron chi connectivity index (χ3n) is 2.96. The lowest BCUT2D eigenvalue weighted by atomic mass is 10.1. The lowest BCUT2D eigenvalue weighted by Gasteiger charge is -2.10. The van der Waals surface area contributed by atoms with Gasteiger partial charge in [-0.15, -0.1) is 0 Å². The maximum absolute atomic E-state index is 10.9. The second-order valence-corrected chi connectivity index (χ2v) is 5.57. The number of benzene rings is 2. The summed E-state index contributed by atoms with van der Waals surface area (Å²) in [6.45, 7) is 2.42. The predicted molar refractivity (Wildman–Crippen MR) is 84.3 cm³/mol. The fourth-order valence-corrected chi connectivity index (χ4v) is 2.37. The van der Waals surface area contributed by atoms with Gasteiger partial charge in [0.2, 0.25) is 0 Å². The van der Waals surface area contributed by atoms with Crippen molar-refractivity contribution in [1.82, 2.24) is 0 Å². The van der Waals surface area contributed by atoms with Crippen molar-refractivity contribution >= 4 is 38.9 Å². The van der Waals surface area contributed by atoms with Crippen LogP contribution in [0.4, 0.5) is 11.4 Å². The van der Waals surface area contributed by atoms with Gasteiger partial charge in [0, 0.05) is 23.3 Å². The number of nitro groups is 1. The van der Waals surface area contributed by atoms with Crippen molar-refractivity contribution in [1.29, 1.82) is 0 Å². The first kappa shape index (κ1) is 14.8. The molecule has 2 aromatic carbocycles. The fourth-order valence-electron chi connectivity index (χ4n) is 1.80. The van der Waals surface area contributed by atoms with Crippen molar-refractivity contribution in [2.45, 2.75) is 13.5 Å². The van der Waals surface area contributed by atoms with Crippen molar-refractivity contribution in [3.8, 4) is 0 Å². The zero-order valence-electron chi connectivity index (χ0n) is 10.7. The standard InChI is InChI=1S/C14H12BrClN2O2/c1-9-12(16)3-2-4-13(9)17-8-10-5-6-11(15)14(7-10)18(19)20/h2-7,17H,8H2,1H3. The van der Waals surface area contributed by atoms with E-state index in [2.05, 4.69) is 21.2 Å². The lowest BCUT2D eigenvalue weighted by molar-refractivity contribution is -0.385. The summed E-state index contributed by atoms with van der Waals surface area (Å²) in [6.07, 6.45) is 0. The molecule has 0 aromatic heterocycles. The largest absolute Gasteiger partial charge is 0.381 e. The number of nitrogens with one attached hydrogen (secondary N) is 1. The van der Waals surface area contributed by atoms with E-state index in [1.165, 1.54) is 0 Å². The molecule has 0 spiro atoms. The minimum atomic E-state index is -0.405. The molecule has 20 heavy (non-hydrogen) atoms. The maximum Gasteiger partial charge on any atom is 0.283 e. The SMILES string of the molecule is Cc1c(Cl)cccc1NCc1ccc(Br)c([N+](=O)[O-])c1. The van der Waals surface area contributed by atoms with Crippen LogP contribution in [-0.2, 0) is 6.54 Å². The van der Waals surface area contributed by atoms with Gasteiger partial charge in [0.1, 0.15) is 0 Å². The van der Waals surface area contributed by atoms with Gasteiger partial charge in [-0.1, -0.05) is 23.7 Å². The van der Waals surface area contributed by atoms with Crippen LogP contribution in [0.25, 0.3) is 0 Å². The van der Waals surface area contributed by atoms with Crippen molar-refractivity contribution in [3.63, 3.8) is 0 Å². The van der Waals surface area contributed by atoms with Crippen LogP contribution >= 0.6 is 27.5 Å². The molecule has 0 radical (unpaired) electrons.